The second kappa shape index (κ2) is 8.04. The van der Waals surface area contributed by atoms with Crippen molar-refractivity contribution >= 4 is 0 Å². The number of hydrogen-bond donors (Lipinski definition) is 2. The van der Waals surface area contributed by atoms with Crippen molar-refractivity contribution in [2.24, 2.45) is 5.73 Å². The van der Waals surface area contributed by atoms with E-state index < -0.39 is 0 Å². The van der Waals surface area contributed by atoms with E-state index in [0.29, 0.717) is 23.8 Å². The normalized spacial score (nSPS) is 15.2. The maximum absolute atomic E-state index is 13.2. The second-order valence-corrected chi connectivity index (χ2v) is 8.13. The topological polar surface area (TPSA) is 97.0 Å². The first kappa shape index (κ1) is 21.4. The first-order chi connectivity index (χ1) is 15.2. The Bertz CT molecular complexity index is 1250. The highest BCUT2D eigenvalue weighted by atomic mass is 19.1. The minimum absolute atomic E-state index is 0.0781. The van der Waals surface area contributed by atoms with E-state index in [1.807, 2.05) is 20.8 Å². The number of aromatic amines is 1. The number of halogens is 1. The smallest absolute Gasteiger partial charge is 0.244 e. The zero-order valence-corrected chi connectivity index (χ0v) is 18.8. The molecule has 0 unspecified atom stereocenters. The number of hydrogen-bond acceptors (Lipinski definition) is 5. The fourth-order valence-corrected chi connectivity index (χ4v) is 4.44. The van der Waals surface area contributed by atoms with Gasteiger partial charge in [0.2, 0.25) is 11.8 Å². The summed E-state index contributed by atoms with van der Waals surface area (Å²) in [7, 11) is 0. The van der Waals surface area contributed by atoms with Gasteiger partial charge in [-0.3, -0.25) is 5.10 Å². The molecule has 4 rings (SSSR count). The number of nitrogens with two attached hydrogens (primary N) is 1. The lowest BCUT2D eigenvalue weighted by molar-refractivity contribution is 0.304. The van der Waals surface area contributed by atoms with Crippen LogP contribution in [0.3, 0.4) is 0 Å². The van der Waals surface area contributed by atoms with Gasteiger partial charge in [-0.1, -0.05) is 0 Å². The molecule has 0 saturated heterocycles. The van der Waals surface area contributed by atoms with Gasteiger partial charge in [0.25, 0.3) is 0 Å². The monoisotopic (exact) mass is 432 g/mol. The molecule has 164 valence electrons. The van der Waals surface area contributed by atoms with E-state index in [1.54, 1.807) is 12.1 Å². The van der Waals surface area contributed by atoms with E-state index in [9.17, 15) is 9.65 Å². The predicted octanol–water partition coefficient (Wildman–Crippen LogP) is 4.89. The fourth-order valence-electron chi connectivity index (χ4n) is 4.44. The lowest BCUT2D eigenvalue weighted by Crippen LogP contribution is -2.23. The number of nitrogens with one attached hydrogen (secondary N) is 1. The molecule has 3 aromatic rings. The summed E-state index contributed by atoms with van der Waals surface area (Å²) in [5, 5.41) is 17.1. The van der Waals surface area contributed by atoms with Crippen LogP contribution in [0.25, 0.3) is 0 Å². The molecule has 0 fully saturated rings. The predicted molar refractivity (Wildman–Crippen MR) is 119 cm³/mol. The van der Waals surface area contributed by atoms with Crippen LogP contribution in [-0.4, -0.2) is 10.2 Å². The Labute approximate surface area is 186 Å². The van der Waals surface area contributed by atoms with Gasteiger partial charge >= 0.3 is 0 Å². The number of aryl methyl sites for hydroxylation is 1. The highest BCUT2D eigenvalue weighted by Crippen LogP contribution is 2.46. The van der Waals surface area contributed by atoms with Crippen LogP contribution in [0.15, 0.2) is 35.7 Å². The van der Waals surface area contributed by atoms with Crippen LogP contribution in [0.5, 0.6) is 11.6 Å². The summed E-state index contributed by atoms with van der Waals surface area (Å²) < 4.78 is 24.8. The van der Waals surface area contributed by atoms with Crippen LogP contribution in [-0.2, 0) is 6.61 Å². The molecule has 0 bridgehead atoms. The zero-order chi connectivity index (χ0) is 23.2. The third kappa shape index (κ3) is 3.38. The van der Waals surface area contributed by atoms with Crippen molar-refractivity contribution in [3.8, 4) is 17.7 Å². The average molecular weight is 432 g/mol. The van der Waals surface area contributed by atoms with Crippen molar-refractivity contribution in [3.05, 3.63) is 86.2 Å². The molecule has 7 heteroatoms. The molecule has 32 heavy (non-hydrogen) atoms. The number of benzene rings is 2. The van der Waals surface area contributed by atoms with Crippen LogP contribution in [0.2, 0.25) is 0 Å². The van der Waals surface area contributed by atoms with Crippen LogP contribution in [0, 0.1) is 51.8 Å². The molecule has 0 spiro atoms. The lowest BCUT2D eigenvalue weighted by Gasteiger charge is -2.29. The molecule has 1 aliphatic heterocycles. The SMILES string of the molecule is Cc1[nH]nc2c1[C@H](c1c(C)c(C)c(COc3ccc(F)cc3)c(C)c1C)C(C#N)=C(N)O2. The molecule has 2 heterocycles. The second-order valence-electron chi connectivity index (χ2n) is 8.13. The fraction of sp³-hybridized carbons (Fsp3) is 0.280. The number of H-pyrrole nitrogens is 1. The highest BCUT2D eigenvalue weighted by Gasteiger charge is 2.36. The van der Waals surface area contributed by atoms with Crippen molar-refractivity contribution in [2.45, 2.75) is 47.1 Å². The largest absolute Gasteiger partial charge is 0.489 e. The quantitative estimate of drug-likeness (QED) is 0.612. The Kier molecular flexibility index (Phi) is 5.39. The number of rotatable bonds is 4. The summed E-state index contributed by atoms with van der Waals surface area (Å²) in [6.07, 6.45) is 0. The Hall–Kier alpha value is -3.79. The molecule has 1 atom stereocenters. The molecule has 0 radical (unpaired) electrons. The van der Waals surface area contributed by atoms with Crippen molar-refractivity contribution in [2.75, 3.05) is 0 Å². The molecule has 6 nitrogen and oxygen atoms in total. The van der Waals surface area contributed by atoms with E-state index >= 15 is 0 Å². The highest BCUT2D eigenvalue weighted by molar-refractivity contribution is 5.61. The zero-order valence-electron chi connectivity index (χ0n) is 18.8. The van der Waals surface area contributed by atoms with Gasteiger partial charge in [0.15, 0.2) is 0 Å². The van der Waals surface area contributed by atoms with Crippen molar-refractivity contribution in [1.82, 2.24) is 10.2 Å². The Morgan fingerprint density at radius 2 is 1.69 bits per heavy atom. The molecule has 1 aromatic heterocycles. The van der Waals surface area contributed by atoms with Gasteiger partial charge in [-0.2, -0.15) is 5.26 Å². The van der Waals surface area contributed by atoms with Crippen molar-refractivity contribution < 1.29 is 13.9 Å². The van der Waals surface area contributed by atoms with Gasteiger partial charge in [-0.05, 0) is 92.3 Å². The molecular formula is C25H25FN4O2. The van der Waals surface area contributed by atoms with Gasteiger partial charge in [0.1, 0.15) is 29.8 Å². The first-order valence-corrected chi connectivity index (χ1v) is 10.3. The van der Waals surface area contributed by atoms with E-state index in [0.717, 1.165) is 44.6 Å². The van der Waals surface area contributed by atoms with Crippen LogP contribution >= 0.6 is 0 Å². The number of fused-ring (bicyclic) bond motifs is 1. The first-order valence-electron chi connectivity index (χ1n) is 10.3. The number of nitrogens with zero attached hydrogens (tertiary/aromatic N) is 2. The van der Waals surface area contributed by atoms with Gasteiger partial charge in [-0.25, -0.2) is 4.39 Å². The van der Waals surface area contributed by atoms with Crippen molar-refractivity contribution in [3.63, 3.8) is 0 Å². The van der Waals surface area contributed by atoms with Gasteiger partial charge < -0.3 is 15.2 Å². The number of ether oxygens (including phenoxy) is 2. The number of nitriles is 1. The van der Waals surface area contributed by atoms with Crippen LogP contribution in [0.1, 0.15) is 50.6 Å². The summed E-state index contributed by atoms with van der Waals surface area (Å²) in [6, 6.07) is 8.25. The van der Waals surface area contributed by atoms with E-state index in [4.69, 9.17) is 15.2 Å². The van der Waals surface area contributed by atoms with Crippen LogP contribution in [0.4, 0.5) is 4.39 Å². The molecule has 1 aliphatic rings. The third-order valence-electron chi connectivity index (χ3n) is 6.45. The number of allylic oxidation sites excluding steroid dienone is 1. The number of aromatic nitrogens is 2. The van der Waals surface area contributed by atoms with Gasteiger partial charge in [-0.15, -0.1) is 5.10 Å². The minimum atomic E-state index is -0.369. The van der Waals surface area contributed by atoms with E-state index in [-0.39, 0.29) is 17.6 Å². The Balaban J connectivity index is 1.82. The summed E-state index contributed by atoms with van der Waals surface area (Å²) in [6.45, 7) is 10.5. The average Bonchev–Trinajstić information content (AvgIpc) is 3.13. The summed E-state index contributed by atoms with van der Waals surface area (Å²) >= 11 is 0. The maximum Gasteiger partial charge on any atom is 0.244 e. The molecule has 0 aliphatic carbocycles. The van der Waals surface area contributed by atoms with Crippen LogP contribution < -0.4 is 15.2 Å². The molecule has 0 saturated carbocycles. The minimum Gasteiger partial charge on any atom is -0.489 e. The Morgan fingerprint density at radius 3 is 2.28 bits per heavy atom. The van der Waals surface area contributed by atoms with E-state index in [1.165, 1.54) is 12.1 Å². The van der Waals surface area contributed by atoms with Gasteiger partial charge in [0, 0.05) is 11.3 Å². The molecule has 3 N–H and O–H groups in total. The standard InChI is InChI=1S/C25H25FN4O2/c1-12-14(3)21(23-19(10-27)24(28)32-25-22(23)16(5)29-30-25)15(4)13(2)20(12)11-31-18-8-6-17(26)7-9-18/h6-9,23H,11,28H2,1-5H3,(H,29,30)/t23-/m0/s1. The van der Waals surface area contributed by atoms with E-state index in [2.05, 4.69) is 30.1 Å². The summed E-state index contributed by atoms with van der Waals surface area (Å²) in [4.78, 5) is 0. The molecule has 0 amide bonds. The summed E-state index contributed by atoms with van der Waals surface area (Å²) in [5.41, 5.74) is 14.5. The molecule has 2 aromatic carbocycles. The third-order valence-corrected chi connectivity index (χ3v) is 6.45. The van der Waals surface area contributed by atoms with Crippen molar-refractivity contribution in [1.29, 1.82) is 5.26 Å². The lowest BCUT2D eigenvalue weighted by atomic mass is 9.76. The summed E-state index contributed by atoms with van der Waals surface area (Å²) in [5.74, 6) is 0.421. The maximum atomic E-state index is 13.2. The molecular weight excluding hydrogens is 407 g/mol. The Morgan fingerprint density at radius 1 is 1.06 bits per heavy atom. The van der Waals surface area contributed by atoms with Gasteiger partial charge in [0.05, 0.1) is 5.92 Å².